The lowest BCUT2D eigenvalue weighted by Gasteiger charge is -2.60. The van der Waals surface area contributed by atoms with Crippen molar-refractivity contribution in [2.24, 2.45) is 34.5 Å². The van der Waals surface area contributed by atoms with E-state index < -0.39 is 0 Å². The van der Waals surface area contributed by atoms with E-state index in [-0.39, 0.29) is 17.5 Å². The Bertz CT molecular complexity index is 704. The largest absolute Gasteiger partial charge is 0.462 e. The fourth-order valence-electron chi connectivity index (χ4n) is 8.48. The zero-order chi connectivity index (χ0) is 21.6. The van der Waals surface area contributed by atoms with Gasteiger partial charge in [-0.2, -0.15) is 0 Å². The van der Waals surface area contributed by atoms with Crippen LogP contribution in [0, 0.1) is 34.5 Å². The first-order valence-corrected chi connectivity index (χ1v) is 12.9. The van der Waals surface area contributed by atoms with E-state index in [9.17, 15) is 9.59 Å². The van der Waals surface area contributed by atoms with Crippen molar-refractivity contribution in [3.63, 3.8) is 0 Å². The predicted molar refractivity (Wildman–Crippen MR) is 118 cm³/mol. The molecule has 0 unspecified atom stereocenters. The van der Waals surface area contributed by atoms with Gasteiger partial charge in [-0.05, 0) is 74.0 Å². The molecule has 0 amide bonds. The quantitative estimate of drug-likeness (QED) is 0.624. The second-order valence-electron chi connectivity index (χ2n) is 11.7. The maximum Gasteiger partial charge on any atom is 0.307 e. The minimum atomic E-state index is -0.0121. The van der Waals surface area contributed by atoms with E-state index in [0.29, 0.717) is 29.5 Å². The standard InChI is InChI=1S/C26H41NO4/c1-25-10-7-19(28)17-18(25)3-4-20-21-5-6-23(26(21,2)11-8-22(20)25)31-24(29)9-12-27-13-15-30-16-14-27/h18,20-23H,3-17H2,1-2H3/t18-,20+,21-,22+,23+,25+,26+/m1/s1. The van der Waals surface area contributed by atoms with Crippen LogP contribution in [-0.2, 0) is 19.1 Å². The van der Waals surface area contributed by atoms with Crippen LogP contribution in [-0.4, -0.2) is 55.6 Å². The zero-order valence-corrected chi connectivity index (χ0v) is 19.6. The third kappa shape index (κ3) is 3.88. The van der Waals surface area contributed by atoms with Crippen LogP contribution >= 0.6 is 0 Å². The van der Waals surface area contributed by atoms with Gasteiger partial charge >= 0.3 is 5.97 Å². The van der Waals surface area contributed by atoms with Gasteiger partial charge in [-0.3, -0.25) is 14.5 Å². The third-order valence-electron chi connectivity index (χ3n) is 10.4. The van der Waals surface area contributed by atoms with Gasteiger partial charge in [0.25, 0.3) is 0 Å². The SMILES string of the molecule is C[C@]12CCC(=O)C[C@H]1CC[C@H]1[C@H]3CC[C@H](OC(=O)CCN4CCOCC4)[C@@]3(C)CC[C@@H]12. The molecule has 4 aliphatic carbocycles. The summed E-state index contributed by atoms with van der Waals surface area (Å²) in [7, 11) is 0. The van der Waals surface area contributed by atoms with Gasteiger partial charge in [0, 0.05) is 37.9 Å². The molecule has 0 radical (unpaired) electrons. The average molecular weight is 432 g/mol. The van der Waals surface area contributed by atoms with Crippen molar-refractivity contribution >= 4 is 11.8 Å². The maximum absolute atomic E-state index is 12.7. The summed E-state index contributed by atoms with van der Waals surface area (Å²) in [5.74, 6) is 3.28. The minimum absolute atomic E-state index is 0.0121. The second-order valence-corrected chi connectivity index (χ2v) is 11.7. The van der Waals surface area contributed by atoms with Gasteiger partial charge in [0.05, 0.1) is 19.6 Å². The van der Waals surface area contributed by atoms with Crippen LogP contribution in [0.3, 0.4) is 0 Å². The molecule has 174 valence electrons. The van der Waals surface area contributed by atoms with Gasteiger partial charge in [-0.1, -0.05) is 13.8 Å². The summed E-state index contributed by atoms with van der Waals surface area (Å²) in [6.07, 6.45) is 10.5. The van der Waals surface area contributed by atoms with Crippen molar-refractivity contribution in [3.8, 4) is 0 Å². The summed E-state index contributed by atoms with van der Waals surface area (Å²) in [4.78, 5) is 27.1. The van der Waals surface area contributed by atoms with Gasteiger partial charge in [0.1, 0.15) is 11.9 Å². The topological polar surface area (TPSA) is 55.8 Å². The van der Waals surface area contributed by atoms with Gasteiger partial charge in [-0.15, -0.1) is 0 Å². The van der Waals surface area contributed by atoms with Gasteiger partial charge in [0.2, 0.25) is 0 Å². The molecule has 7 atom stereocenters. The highest BCUT2D eigenvalue weighted by molar-refractivity contribution is 5.79. The Morgan fingerprint density at radius 3 is 2.61 bits per heavy atom. The Morgan fingerprint density at radius 1 is 1.03 bits per heavy atom. The summed E-state index contributed by atoms with van der Waals surface area (Å²) in [6, 6.07) is 0. The smallest absolute Gasteiger partial charge is 0.307 e. The molecule has 5 heteroatoms. The molecule has 0 aromatic rings. The number of nitrogens with zero attached hydrogens (tertiary/aromatic N) is 1. The summed E-state index contributed by atoms with van der Waals surface area (Å²) in [5, 5.41) is 0. The zero-order valence-electron chi connectivity index (χ0n) is 19.6. The van der Waals surface area contributed by atoms with E-state index in [4.69, 9.17) is 9.47 Å². The van der Waals surface area contributed by atoms with Crippen LogP contribution in [0.1, 0.15) is 78.1 Å². The van der Waals surface area contributed by atoms with Crippen LogP contribution < -0.4 is 0 Å². The fraction of sp³-hybridized carbons (Fsp3) is 0.923. The molecule has 5 aliphatic rings. The number of carbonyl (C=O) groups excluding carboxylic acids is 2. The Balaban J connectivity index is 1.22. The van der Waals surface area contributed by atoms with E-state index in [0.717, 1.165) is 70.4 Å². The molecule has 0 N–H and O–H groups in total. The Labute approximate surface area is 187 Å². The Morgan fingerprint density at radius 2 is 1.81 bits per heavy atom. The molecular formula is C26H41NO4. The van der Waals surface area contributed by atoms with Gasteiger partial charge < -0.3 is 9.47 Å². The number of Topliss-reactive ketones (excluding diaryl/α,β-unsaturated/α-hetero) is 1. The highest BCUT2D eigenvalue weighted by atomic mass is 16.5. The van der Waals surface area contributed by atoms with Crippen LogP contribution in [0.25, 0.3) is 0 Å². The van der Waals surface area contributed by atoms with Crippen LogP contribution in [0.15, 0.2) is 0 Å². The van der Waals surface area contributed by atoms with Crippen LogP contribution in [0.2, 0.25) is 0 Å². The van der Waals surface area contributed by atoms with Gasteiger partial charge in [-0.25, -0.2) is 0 Å². The van der Waals surface area contributed by atoms with Crippen LogP contribution in [0.4, 0.5) is 0 Å². The monoisotopic (exact) mass is 431 g/mol. The van der Waals surface area contributed by atoms with Crippen molar-refractivity contribution in [2.45, 2.75) is 84.2 Å². The molecule has 0 aromatic carbocycles. The third-order valence-corrected chi connectivity index (χ3v) is 10.4. The lowest BCUT2D eigenvalue weighted by molar-refractivity contribution is -0.164. The van der Waals surface area contributed by atoms with E-state index >= 15 is 0 Å². The van der Waals surface area contributed by atoms with Crippen molar-refractivity contribution in [2.75, 3.05) is 32.8 Å². The summed E-state index contributed by atoms with van der Waals surface area (Å²) < 4.78 is 11.6. The van der Waals surface area contributed by atoms with Crippen molar-refractivity contribution in [3.05, 3.63) is 0 Å². The first-order chi connectivity index (χ1) is 14.9. The lowest BCUT2D eigenvalue weighted by Crippen LogP contribution is -2.54. The molecule has 4 saturated carbocycles. The van der Waals surface area contributed by atoms with E-state index in [2.05, 4.69) is 18.7 Å². The molecule has 0 spiro atoms. The lowest BCUT2D eigenvalue weighted by atomic mass is 9.45. The van der Waals surface area contributed by atoms with Crippen molar-refractivity contribution < 1.29 is 19.1 Å². The molecular weight excluding hydrogens is 390 g/mol. The van der Waals surface area contributed by atoms with Crippen molar-refractivity contribution in [1.29, 1.82) is 0 Å². The Hall–Kier alpha value is -0.940. The molecule has 1 aliphatic heterocycles. The molecule has 1 heterocycles. The van der Waals surface area contributed by atoms with Crippen molar-refractivity contribution in [1.82, 2.24) is 4.90 Å². The number of esters is 1. The van der Waals surface area contributed by atoms with Crippen LogP contribution in [0.5, 0.6) is 0 Å². The maximum atomic E-state index is 12.7. The molecule has 5 fully saturated rings. The number of morpholine rings is 1. The highest BCUT2D eigenvalue weighted by Crippen LogP contribution is 2.66. The second kappa shape index (κ2) is 8.44. The fourth-order valence-corrected chi connectivity index (χ4v) is 8.48. The number of fused-ring (bicyclic) bond motifs is 5. The molecule has 0 aromatic heterocycles. The number of hydrogen-bond acceptors (Lipinski definition) is 5. The van der Waals surface area contributed by atoms with E-state index in [1.807, 2.05) is 0 Å². The highest BCUT2D eigenvalue weighted by Gasteiger charge is 2.61. The average Bonchev–Trinajstić information content (AvgIpc) is 3.10. The first kappa shape index (κ1) is 21.9. The summed E-state index contributed by atoms with van der Waals surface area (Å²) in [5.41, 5.74) is 0.495. The molecule has 1 saturated heterocycles. The number of carbonyl (C=O) groups is 2. The predicted octanol–water partition coefficient (Wildman–Crippen LogP) is 4.23. The number of hydrogen-bond donors (Lipinski definition) is 0. The number of ketones is 1. The molecule has 5 nitrogen and oxygen atoms in total. The summed E-state index contributed by atoms with van der Waals surface area (Å²) >= 11 is 0. The minimum Gasteiger partial charge on any atom is -0.462 e. The molecule has 0 bridgehead atoms. The summed E-state index contributed by atoms with van der Waals surface area (Å²) in [6.45, 7) is 9.09. The number of rotatable bonds is 4. The van der Waals surface area contributed by atoms with Gasteiger partial charge in [0.15, 0.2) is 0 Å². The van der Waals surface area contributed by atoms with E-state index in [1.165, 1.54) is 32.1 Å². The van der Waals surface area contributed by atoms with E-state index in [1.54, 1.807) is 0 Å². The first-order valence-electron chi connectivity index (χ1n) is 12.9. The normalized spacial score (nSPS) is 45.5. The Kier molecular flexibility index (Phi) is 5.96. The molecule has 31 heavy (non-hydrogen) atoms. The molecule has 5 rings (SSSR count). The number of ether oxygens (including phenoxy) is 2.